The molecule has 2 atom stereocenters. The molecule has 1 amide bonds. The second-order valence-corrected chi connectivity index (χ2v) is 5.25. The summed E-state index contributed by atoms with van der Waals surface area (Å²) in [5, 5.41) is 3.06. The van der Waals surface area contributed by atoms with Gasteiger partial charge in [0.2, 0.25) is 5.91 Å². The molecular weight excluding hydrogens is 240 g/mol. The monoisotopic (exact) mass is 262 g/mol. The summed E-state index contributed by atoms with van der Waals surface area (Å²) in [5.74, 6) is -0.0608. The highest BCUT2D eigenvalue weighted by atomic mass is 35.5. The van der Waals surface area contributed by atoms with Crippen LogP contribution in [0.5, 0.6) is 0 Å². The van der Waals surface area contributed by atoms with Gasteiger partial charge in [0.25, 0.3) is 0 Å². The highest BCUT2D eigenvalue weighted by Gasteiger charge is 2.54. The number of hydrogen-bond donors (Lipinski definition) is 2. The smallest absolute Gasteiger partial charge is 0.239 e. The fraction of sp³-hybridized carbons (Fsp3) is 0.917. The Morgan fingerprint density at radius 1 is 1.47 bits per heavy atom. The zero-order chi connectivity index (χ0) is 11.6. The maximum absolute atomic E-state index is 11.7. The first-order valence-electron chi connectivity index (χ1n) is 6.23. The Morgan fingerprint density at radius 3 is 2.71 bits per heavy atom. The highest BCUT2D eigenvalue weighted by Crippen LogP contribution is 2.56. The van der Waals surface area contributed by atoms with Crippen molar-refractivity contribution < 1.29 is 9.53 Å². The lowest BCUT2D eigenvalue weighted by Gasteiger charge is -2.23. The molecule has 0 aromatic heterocycles. The molecule has 2 aliphatic rings. The molecule has 0 radical (unpaired) electrons. The number of ether oxygens (including phenoxy) is 1. The summed E-state index contributed by atoms with van der Waals surface area (Å²) < 4.78 is 4.88. The first-order valence-corrected chi connectivity index (χ1v) is 6.23. The molecular formula is C12H23ClN2O2. The number of carbonyl (C=O) groups excluding carboxylic acids is 1. The molecule has 0 aromatic carbocycles. The van der Waals surface area contributed by atoms with E-state index in [1.807, 2.05) is 0 Å². The Kier molecular flexibility index (Phi) is 5.22. The van der Waals surface area contributed by atoms with Gasteiger partial charge in [-0.05, 0) is 24.7 Å². The molecule has 2 unspecified atom stereocenters. The van der Waals surface area contributed by atoms with E-state index in [4.69, 9.17) is 10.5 Å². The topological polar surface area (TPSA) is 64.3 Å². The van der Waals surface area contributed by atoms with Gasteiger partial charge in [0.15, 0.2) is 0 Å². The Labute approximate surface area is 109 Å². The van der Waals surface area contributed by atoms with E-state index in [9.17, 15) is 4.79 Å². The Balaban J connectivity index is 0.00000144. The number of methoxy groups -OCH3 is 1. The van der Waals surface area contributed by atoms with Gasteiger partial charge in [-0.1, -0.05) is 19.3 Å². The molecule has 3 N–H and O–H groups in total. The minimum absolute atomic E-state index is 0. The fourth-order valence-electron chi connectivity index (χ4n) is 2.89. The molecule has 2 rings (SSSR count). The van der Waals surface area contributed by atoms with Gasteiger partial charge >= 0.3 is 0 Å². The van der Waals surface area contributed by atoms with Crippen LogP contribution in [0.1, 0.15) is 38.5 Å². The standard InChI is InChI=1S/C12H22N2O2.ClH/c1-16-8-9(13)11(15)14-10-7-12(10)5-3-2-4-6-12;/h9-10H,2-8,13H2,1H3,(H,14,15);1H. The number of hydrogen-bond acceptors (Lipinski definition) is 3. The van der Waals surface area contributed by atoms with Crippen LogP contribution in [-0.4, -0.2) is 31.7 Å². The number of amides is 1. The van der Waals surface area contributed by atoms with Crippen LogP contribution in [0.3, 0.4) is 0 Å². The minimum Gasteiger partial charge on any atom is -0.383 e. The summed E-state index contributed by atoms with van der Waals surface area (Å²) in [7, 11) is 1.56. The Hall–Kier alpha value is -0.320. The van der Waals surface area contributed by atoms with Crippen molar-refractivity contribution in [2.75, 3.05) is 13.7 Å². The van der Waals surface area contributed by atoms with Crippen LogP contribution in [-0.2, 0) is 9.53 Å². The quantitative estimate of drug-likeness (QED) is 0.801. The summed E-state index contributed by atoms with van der Waals surface area (Å²) >= 11 is 0. The first-order chi connectivity index (χ1) is 7.68. The zero-order valence-electron chi connectivity index (χ0n) is 10.4. The van der Waals surface area contributed by atoms with Gasteiger partial charge in [0.05, 0.1) is 6.61 Å². The van der Waals surface area contributed by atoms with Gasteiger partial charge in [-0.25, -0.2) is 0 Å². The van der Waals surface area contributed by atoms with Crippen molar-refractivity contribution in [3.05, 3.63) is 0 Å². The molecule has 100 valence electrons. The molecule has 17 heavy (non-hydrogen) atoms. The van der Waals surface area contributed by atoms with Gasteiger partial charge in [0.1, 0.15) is 6.04 Å². The predicted molar refractivity (Wildman–Crippen MR) is 69.2 cm³/mol. The SMILES string of the molecule is COCC(N)C(=O)NC1CC12CCCCC2.Cl. The summed E-state index contributed by atoms with van der Waals surface area (Å²) in [6.07, 6.45) is 7.69. The fourth-order valence-corrected chi connectivity index (χ4v) is 2.89. The van der Waals surface area contributed by atoms with E-state index in [1.165, 1.54) is 32.1 Å². The molecule has 0 heterocycles. The minimum atomic E-state index is -0.522. The average Bonchev–Trinajstić information content (AvgIpc) is 2.92. The third kappa shape index (κ3) is 3.33. The molecule has 0 bridgehead atoms. The summed E-state index contributed by atoms with van der Waals surface area (Å²) in [5.41, 5.74) is 6.12. The van der Waals surface area contributed by atoms with Crippen molar-refractivity contribution in [1.82, 2.24) is 5.32 Å². The zero-order valence-corrected chi connectivity index (χ0v) is 11.2. The maximum Gasteiger partial charge on any atom is 0.239 e. The van der Waals surface area contributed by atoms with Crippen LogP contribution < -0.4 is 11.1 Å². The molecule has 5 heteroatoms. The molecule has 2 fully saturated rings. The average molecular weight is 263 g/mol. The number of nitrogens with one attached hydrogen (secondary N) is 1. The van der Waals surface area contributed by atoms with Gasteiger partial charge in [-0.15, -0.1) is 12.4 Å². The number of halogens is 1. The summed E-state index contributed by atoms with van der Waals surface area (Å²) in [6.45, 7) is 0.297. The van der Waals surface area contributed by atoms with Crippen LogP contribution in [0.2, 0.25) is 0 Å². The van der Waals surface area contributed by atoms with Crippen LogP contribution >= 0.6 is 12.4 Å². The lowest BCUT2D eigenvalue weighted by molar-refractivity contribution is -0.123. The Bertz CT molecular complexity index is 267. The molecule has 0 aromatic rings. The first kappa shape index (κ1) is 14.7. The van der Waals surface area contributed by atoms with Crippen LogP contribution in [0.25, 0.3) is 0 Å². The number of nitrogens with two attached hydrogens (primary N) is 1. The van der Waals surface area contributed by atoms with E-state index < -0.39 is 6.04 Å². The molecule has 2 saturated carbocycles. The van der Waals surface area contributed by atoms with E-state index in [-0.39, 0.29) is 18.3 Å². The lowest BCUT2D eigenvalue weighted by atomic mass is 9.86. The second kappa shape index (κ2) is 6.03. The molecule has 4 nitrogen and oxygen atoms in total. The van der Waals surface area contributed by atoms with Crippen molar-refractivity contribution in [2.24, 2.45) is 11.1 Å². The molecule has 0 saturated heterocycles. The van der Waals surface area contributed by atoms with E-state index in [1.54, 1.807) is 7.11 Å². The Morgan fingerprint density at radius 2 is 2.12 bits per heavy atom. The van der Waals surface area contributed by atoms with Gasteiger partial charge in [0, 0.05) is 13.2 Å². The highest BCUT2D eigenvalue weighted by molar-refractivity contribution is 5.85. The van der Waals surface area contributed by atoms with E-state index in [0.29, 0.717) is 18.1 Å². The van der Waals surface area contributed by atoms with E-state index >= 15 is 0 Å². The molecule has 2 aliphatic carbocycles. The lowest BCUT2D eigenvalue weighted by Crippen LogP contribution is -2.45. The van der Waals surface area contributed by atoms with Crippen LogP contribution in [0.4, 0.5) is 0 Å². The van der Waals surface area contributed by atoms with Crippen molar-refractivity contribution in [1.29, 1.82) is 0 Å². The van der Waals surface area contributed by atoms with Crippen molar-refractivity contribution in [3.8, 4) is 0 Å². The van der Waals surface area contributed by atoms with E-state index in [0.717, 1.165) is 6.42 Å². The molecule has 1 spiro atoms. The predicted octanol–water partition coefficient (Wildman–Crippen LogP) is 1.22. The van der Waals surface area contributed by atoms with Crippen molar-refractivity contribution >= 4 is 18.3 Å². The number of carbonyl (C=O) groups is 1. The van der Waals surface area contributed by atoms with Crippen molar-refractivity contribution in [3.63, 3.8) is 0 Å². The summed E-state index contributed by atoms with van der Waals surface area (Å²) in [6, 6.07) is -0.144. The van der Waals surface area contributed by atoms with Crippen LogP contribution in [0, 0.1) is 5.41 Å². The third-order valence-electron chi connectivity index (χ3n) is 4.04. The second-order valence-electron chi connectivity index (χ2n) is 5.25. The van der Waals surface area contributed by atoms with Gasteiger partial charge in [-0.3, -0.25) is 4.79 Å². The van der Waals surface area contributed by atoms with Gasteiger partial charge in [-0.2, -0.15) is 0 Å². The molecule has 0 aliphatic heterocycles. The largest absolute Gasteiger partial charge is 0.383 e. The third-order valence-corrected chi connectivity index (χ3v) is 4.04. The van der Waals surface area contributed by atoms with Crippen LogP contribution in [0.15, 0.2) is 0 Å². The summed E-state index contributed by atoms with van der Waals surface area (Å²) in [4.78, 5) is 11.7. The van der Waals surface area contributed by atoms with Gasteiger partial charge < -0.3 is 15.8 Å². The normalized spacial score (nSPS) is 27.1. The van der Waals surface area contributed by atoms with Crippen molar-refractivity contribution in [2.45, 2.75) is 50.6 Å². The maximum atomic E-state index is 11.7. The number of rotatable bonds is 4. The van der Waals surface area contributed by atoms with E-state index in [2.05, 4.69) is 5.32 Å².